The molecule has 2 N–H and O–H groups in total. The summed E-state index contributed by atoms with van der Waals surface area (Å²) in [5, 5.41) is 13.4. The number of nitrogens with zero attached hydrogens (tertiary/aromatic N) is 5. The molecule has 2 aliphatic heterocycles. The third kappa shape index (κ3) is 4.38. The Morgan fingerprint density at radius 2 is 1.83 bits per heavy atom. The van der Waals surface area contributed by atoms with Gasteiger partial charge in [-0.3, -0.25) is 4.99 Å². The minimum absolute atomic E-state index is 0.0515. The van der Waals surface area contributed by atoms with E-state index < -0.39 is 0 Å². The maximum atomic E-state index is 8.73. The van der Waals surface area contributed by atoms with Crippen molar-refractivity contribution < 1.29 is 5.11 Å². The minimum Gasteiger partial charge on any atom is -0.395 e. The zero-order valence-electron chi connectivity index (χ0n) is 16.1. The molecular formula is C21H20Cl2N6O. The van der Waals surface area contributed by atoms with Crippen molar-refractivity contribution in [2.75, 3.05) is 31.6 Å². The van der Waals surface area contributed by atoms with Crippen LogP contribution in [0.1, 0.15) is 12.0 Å². The highest BCUT2D eigenvalue weighted by Crippen LogP contribution is 2.28. The quantitative estimate of drug-likeness (QED) is 0.471. The number of hydrogen-bond acceptors (Lipinski definition) is 7. The summed E-state index contributed by atoms with van der Waals surface area (Å²) in [6, 6.07) is 15.5. The topological polar surface area (TPSA) is 86.0 Å². The molecule has 7 nitrogen and oxygen atoms in total. The number of fused-ring (bicyclic) bond motifs is 4. The van der Waals surface area contributed by atoms with Crippen LogP contribution in [-0.4, -0.2) is 57.3 Å². The number of halogens is 2. The van der Waals surface area contributed by atoms with Crippen LogP contribution in [0.2, 0.25) is 5.28 Å². The first-order valence-corrected chi connectivity index (χ1v) is 10.4. The fraction of sp³-hybridized carbons (Fsp3) is 0.238. The van der Waals surface area contributed by atoms with Gasteiger partial charge in [-0.15, -0.1) is 0 Å². The molecule has 0 aliphatic carbocycles. The van der Waals surface area contributed by atoms with E-state index in [1.54, 1.807) is 0 Å². The van der Waals surface area contributed by atoms with Gasteiger partial charge in [0.25, 0.3) is 0 Å². The Kier molecular flexibility index (Phi) is 6.42. The van der Waals surface area contributed by atoms with Crippen LogP contribution >= 0.6 is 23.2 Å². The third-order valence-electron chi connectivity index (χ3n) is 4.62. The highest BCUT2D eigenvalue weighted by molar-refractivity contribution is 6.66. The Morgan fingerprint density at radius 1 is 1.03 bits per heavy atom. The predicted molar refractivity (Wildman–Crippen MR) is 122 cm³/mol. The van der Waals surface area contributed by atoms with Crippen LogP contribution in [0.4, 0.5) is 11.5 Å². The Bertz CT molecular complexity index is 1120. The van der Waals surface area contributed by atoms with Crippen molar-refractivity contribution >= 4 is 56.7 Å². The summed E-state index contributed by atoms with van der Waals surface area (Å²) < 4.78 is 0. The number of anilines is 1. The van der Waals surface area contributed by atoms with Crippen molar-refractivity contribution in [2.45, 2.75) is 6.42 Å². The monoisotopic (exact) mass is 442 g/mol. The molecule has 0 unspecified atom stereocenters. The number of aromatic nitrogens is 2. The number of rotatable bonds is 3. The summed E-state index contributed by atoms with van der Waals surface area (Å²) in [5.74, 6) is 1.62. The van der Waals surface area contributed by atoms with Crippen molar-refractivity contribution in [1.82, 2.24) is 14.9 Å². The number of hydrogen-bond donors (Lipinski definition) is 2. The lowest BCUT2D eigenvalue weighted by atomic mass is 10.1. The molecule has 2 aliphatic rings. The van der Waals surface area contributed by atoms with Gasteiger partial charge in [0.1, 0.15) is 11.7 Å². The predicted octanol–water partition coefficient (Wildman–Crippen LogP) is 4.07. The fourth-order valence-corrected chi connectivity index (χ4v) is 3.72. The average molecular weight is 443 g/mol. The molecule has 1 aromatic heterocycles. The number of aliphatic hydroxyl groups is 1. The van der Waals surface area contributed by atoms with Crippen LogP contribution in [0, 0.1) is 0 Å². The van der Waals surface area contributed by atoms with Gasteiger partial charge in [0, 0.05) is 30.6 Å². The first-order chi connectivity index (χ1) is 14.7. The first-order valence-electron chi connectivity index (χ1n) is 9.60. The number of nitrogens with one attached hydrogen (secondary N) is 1. The summed E-state index contributed by atoms with van der Waals surface area (Å²) in [7, 11) is 0. The summed E-state index contributed by atoms with van der Waals surface area (Å²) in [4.78, 5) is 19.0. The van der Waals surface area contributed by atoms with Gasteiger partial charge >= 0.3 is 0 Å². The molecule has 30 heavy (non-hydrogen) atoms. The molecule has 0 spiro atoms. The molecule has 5 rings (SSSR count). The van der Waals surface area contributed by atoms with Crippen LogP contribution in [0.3, 0.4) is 0 Å². The molecule has 0 amide bonds. The number of amidine groups is 2. The lowest BCUT2D eigenvalue weighted by Gasteiger charge is -2.31. The Hall–Kier alpha value is -2.74. The molecule has 0 bridgehead atoms. The standard InChI is InChI=1S/C11H10ClN3.C10H10ClN3O/c12-11-14-9-5-2-1-4-8(9)10-13-6-3-7-15(10)11;11-10-13-8-4-2-1-3-7(8)9(14-10)12-5-6-15/h1-2,4-5H,3,6-7H2;1-4,15H,5-6H2,(H,12,13,14). The van der Waals surface area contributed by atoms with Crippen LogP contribution < -0.4 is 5.32 Å². The van der Waals surface area contributed by atoms with Gasteiger partial charge in [0.05, 0.1) is 17.8 Å². The van der Waals surface area contributed by atoms with Crippen molar-refractivity contribution in [2.24, 2.45) is 9.98 Å². The number of aliphatic hydroxyl groups excluding tert-OH is 1. The van der Waals surface area contributed by atoms with Gasteiger partial charge in [-0.1, -0.05) is 24.3 Å². The molecule has 0 fully saturated rings. The SMILES string of the molecule is ClC1=Nc2ccccc2C2=NCCCN12.OCCNc1nc(Cl)nc2ccccc12. The van der Waals surface area contributed by atoms with Crippen LogP contribution in [0.15, 0.2) is 58.5 Å². The van der Waals surface area contributed by atoms with E-state index in [9.17, 15) is 0 Å². The Balaban J connectivity index is 0.000000145. The smallest absolute Gasteiger partial charge is 0.224 e. The van der Waals surface area contributed by atoms with Gasteiger partial charge < -0.3 is 15.3 Å². The van der Waals surface area contributed by atoms with Crippen LogP contribution in [0.5, 0.6) is 0 Å². The molecular weight excluding hydrogens is 423 g/mol. The number of benzene rings is 2. The van der Waals surface area contributed by atoms with Crippen LogP contribution in [-0.2, 0) is 0 Å². The third-order valence-corrected chi connectivity index (χ3v) is 5.08. The second kappa shape index (κ2) is 9.38. The molecule has 9 heteroatoms. The zero-order valence-corrected chi connectivity index (χ0v) is 17.6. The van der Waals surface area contributed by atoms with E-state index in [2.05, 4.69) is 25.3 Å². The van der Waals surface area contributed by atoms with Crippen molar-refractivity contribution in [3.8, 4) is 0 Å². The molecule has 2 aromatic carbocycles. The van der Waals surface area contributed by atoms with E-state index in [-0.39, 0.29) is 11.9 Å². The molecule has 3 heterocycles. The molecule has 154 valence electrons. The van der Waals surface area contributed by atoms with Gasteiger partial charge in [-0.25, -0.2) is 15.0 Å². The highest BCUT2D eigenvalue weighted by atomic mass is 35.5. The summed E-state index contributed by atoms with van der Waals surface area (Å²) in [5.41, 5.74) is 2.79. The minimum atomic E-state index is 0.0515. The fourth-order valence-electron chi connectivity index (χ4n) is 3.29. The van der Waals surface area contributed by atoms with E-state index in [1.807, 2.05) is 53.4 Å². The molecule has 0 radical (unpaired) electrons. The lowest BCUT2D eigenvalue weighted by molar-refractivity contribution is 0.311. The molecule has 0 saturated heterocycles. The van der Waals surface area contributed by atoms with Gasteiger partial charge in [0.2, 0.25) is 10.6 Å². The maximum absolute atomic E-state index is 8.73. The lowest BCUT2D eigenvalue weighted by Crippen LogP contribution is -2.40. The van der Waals surface area contributed by atoms with Crippen molar-refractivity contribution in [3.63, 3.8) is 0 Å². The number of para-hydroxylation sites is 2. The Labute approximate surface area is 184 Å². The van der Waals surface area contributed by atoms with Crippen molar-refractivity contribution in [3.05, 3.63) is 59.4 Å². The van der Waals surface area contributed by atoms with E-state index in [1.165, 1.54) is 0 Å². The van der Waals surface area contributed by atoms with Crippen LogP contribution in [0.25, 0.3) is 10.9 Å². The molecule has 3 aromatic rings. The molecule has 0 atom stereocenters. The Morgan fingerprint density at radius 3 is 2.70 bits per heavy atom. The summed E-state index contributed by atoms with van der Waals surface area (Å²) >= 11 is 11.9. The maximum Gasteiger partial charge on any atom is 0.224 e. The second-order valence-electron chi connectivity index (χ2n) is 6.62. The summed E-state index contributed by atoms with van der Waals surface area (Å²) in [6.07, 6.45) is 1.04. The van der Waals surface area contributed by atoms with Gasteiger partial charge in [0.15, 0.2) is 0 Å². The van der Waals surface area contributed by atoms with E-state index >= 15 is 0 Å². The normalized spacial score (nSPS) is 14.7. The number of aliphatic imine (C=N–C) groups is 2. The van der Waals surface area contributed by atoms with E-state index in [0.717, 1.165) is 47.5 Å². The molecule has 0 saturated carbocycles. The second-order valence-corrected chi connectivity index (χ2v) is 7.29. The largest absolute Gasteiger partial charge is 0.395 e. The first kappa shape index (κ1) is 20.5. The van der Waals surface area contributed by atoms with Gasteiger partial charge in [-0.2, -0.15) is 0 Å². The highest BCUT2D eigenvalue weighted by Gasteiger charge is 2.26. The average Bonchev–Trinajstić information content (AvgIpc) is 2.78. The van der Waals surface area contributed by atoms with Crippen molar-refractivity contribution in [1.29, 1.82) is 0 Å². The van der Waals surface area contributed by atoms with E-state index in [0.29, 0.717) is 17.7 Å². The zero-order chi connectivity index (χ0) is 20.9. The van der Waals surface area contributed by atoms with E-state index in [4.69, 9.17) is 28.3 Å². The van der Waals surface area contributed by atoms with Gasteiger partial charge in [-0.05, 0) is 53.9 Å². The summed E-state index contributed by atoms with van der Waals surface area (Å²) in [6.45, 7) is 2.28.